The first-order valence-electron chi connectivity index (χ1n) is 10.1. The molecule has 3 amide bonds. The number of pyridine rings is 1. The fourth-order valence-corrected chi connectivity index (χ4v) is 3.69. The molecular formula is C22H26F2N4O3. The summed E-state index contributed by atoms with van der Waals surface area (Å²) in [7, 11) is 4.70. The fourth-order valence-electron chi connectivity index (χ4n) is 3.69. The minimum atomic E-state index is -0.618. The molecule has 0 saturated heterocycles. The second-order valence-corrected chi connectivity index (χ2v) is 7.79. The number of aromatic nitrogens is 1. The number of nitrogens with zero attached hydrogens (tertiary/aromatic N) is 2. The molecule has 0 radical (unpaired) electrons. The Hall–Kier alpha value is -3.23. The molecule has 1 heterocycles. The largest absolute Gasteiger partial charge is 0.496 e. The lowest BCUT2D eigenvalue weighted by Crippen LogP contribution is -2.45. The highest BCUT2D eigenvalue weighted by atomic mass is 19.1. The third kappa shape index (κ3) is 5.48. The Morgan fingerprint density at radius 1 is 1.16 bits per heavy atom. The number of nitrogens with one attached hydrogen (secondary N) is 2. The minimum absolute atomic E-state index is 0.0837. The lowest BCUT2D eigenvalue weighted by molar-refractivity contribution is -0.121. The van der Waals surface area contributed by atoms with E-state index in [2.05, 4.69) is 15.6 Å². The summed E-state index contributed by atoms with van der Waals surface area (Å²) < 4.78 is 33.1. The predicted molar refractivity (Wildman–Crippen MR) is 113 cm³/mol. The van der Waals surface area contributed by atoms with E-state index in [4.69, 9.17) is 4.74 Å². The molecule has 3 rings (SSSR count). The predicted octanol–water partition coefficient (Wildman–Crippen LogP) is 3.80. The molecule has 1 fully saturated rings. The van der Waals surface area contributed by atoms with Crippen molar-refractivity contribution in [1.29, 1.82) is 0 Å². The van der Waals surface area contributed by atoms with Gasteiger partial charge in [-0.25, -0.2) is 18.6 Å². The molecule has 1 aromatic heterocycles. The number of ether oxygens (including phenoxy) is 1. The quantitative estimate of drug-likeness (QED) is 0.753. The van der Waals surface area contributed by atoms with Gasteiger partial charge in [0.25, 0.3) is 0 Å². The van der Waals surface area contributed by atoms with Gasteiger partial charge in [-0.1, -0.05) is 6.42 Å². The van der Waals surface area contributed by atoms with E-state index in [9.17, 15) is 18.4 Å². The first kappa shape index (κ1) is 22.5. The summed E-state index contributed by atoms with van der Waals surface area (Å²) in [6.45, 7) is 0. The van der Waals surface area contributed by atoms with Crippen LogP contribution in [0.25, 0.3) is 11.1 Å². The molecule has 2 unspecified atom stereocenters. The summed E-state index contributed by atoms with van der Waals surface area (Å²) in [5.74, 6) is -1.29. The van der Waals surface area contributed by atoms with Crippen molar-refractivity contribution in [2.75, 3.05) is 26.5 Å². The van der Waals surface area contributed by atoms with Gasteiger partial charge in [0.15, 0.2) is 0 Å². The number of urea groups is 1. The summed E-state index contributed by atoms with van der Waals surface area (Å²) in [6.07, 6.45) is 3.85. The molecule has 1 aliphatic carbocycles. The first-order chi connectivity index (χ1) is 14.8. The summed E-state index contributed by atoms with van der Waals surface area (Å²) in [5, 5.41) is 5.66. The monoisotopic (exact) mass is 432 g/mol. The van der Waals surface area contributed by atoms with Gasteiger partial charge in [0.05, 0.1) is 13.3 Å². The van der Waals surface area contributed by atoms with Gasteiger partial charge in [-0.05, 0) is 37.5 Å². The van der Waals surface area contributed by atoms with Crippen LogP contribution in [0.5, 0.6) is 5.75 Å². The maximum Gasteiger partial charge on any atom is 0.317 e. The van der Waals surface area contributed by atoms with Crippen LogP contribution in [0.15, 0.2) is 30.5 Å². The minimum Gasteiger partial charge on any atom is -0.496 e. The number of carbonyl (C=O) groups is 2. The van der Waals surface area contributed by atoms with Gasteiger partial charge < -0.3 is 20.3 Å². The number of halogens is 2. The molecule has 2 atom stereocenters. The second-order valence-electron chi connectivity index (χ2n) is 7.79. The third-order valence-corrected chi connectivity index (χ3v) is 5.34. The maximum absolute atomic E-state index is 14.4. The van der Waals surface area contributed by atoms with Crippen molar-refractivity contribution in [3.8, 4) is 16.9 Å². The van der Waals surface area contributed by atoms with Crippen molar-refractivity contribution >= 4 is 17.8 Å². The van der Waals surface area contributed by atoms with E-state index in [0.29, 0.717) is 18.4 Å². The molecule has 0 bridgehead atoms. The van der Waals surface area contributed by atoms with Crippen LogP contribution in [0.1, 0.15) is 25.7 Å². The van der Waals surface area contributed by atoms with Crippen LogP contribution in [-0.4, -0.2) is 49.1 Å². The SMILES string of the molecule is COc1cc(F)ccc1-c1cc(NC(=O)C2CCCC(NC(=O)N(C)C)C2)ncc1F. The Morgan fingerprint density at radius 2 is 1.94 bits per heavy atom. The van der Waals surface area contributed by atoms with Crippen LogP contribution in [0.3, 0.4) is 0 Å². The second kappa shape index (κ2) is 9.72. The number of amides is 3. The molecule has 0 aliphatic heterocycles. The number of anilines is 1. The number of carbonyl (C=O) groups excluding carboxylic acids is 2. The lowest BCUT2D eigenvalue weighted by atomic mass is 9.85. The van der Waals surface area contributed by atoms with Crippen LogP contribution in [0, 0.1) is 17.6 Å². The zero-order chi connectivity index (χ0) is 22.5. The summed E-state index contributed by atoms with van der Waals surface area (Å²) in [6, 6.07) is 4.91. The Labute approximate surface area is 179 Å². The third-order valence-electron chi connectivity index (χ3n) is 5.34. The van der Waals surface area contributed by atoms with E-state index >= 15 is 0 Å². The van der Waals surface area contributed by atoms with Crippen molar-refractivity contribution in [3.05, 3.63) is 42.1 Å². The van der Waals surface area contributed by atoms with Gasteiger partial charge in [0, 0.05) is 43.2 Å². The molecule has 1 aromatic carbocycles. The lowest BCUT2D eigenvalue weighted by Gasteiger charge is -2.29. The smallest absolute Gasteiger partial charge is 0.317 e. The van der Waals surface area contributed by atoms with E-state index < -0.39 is 11.6 Å². The number of methoxy groups -OCH3 is 1. The number of hydrogen-bond donors (Lipinski definition) is 2. The maximum atomic E-state index is 14.4. The molecule has 2 aromatic rings. The Bertz CT molecular complexity index is 968. The zero-order valence-electron chi connectivity index (χ0n) is 17.7. The zero-order valence-corrected chi connectivity index (χ0v) is 17.7. The molecule has 9 heteroatoms. The van der Waals surface area contributed by atoms with Crippen LogP contribution >= 0.6 is 0 Å². The van der Waals surface area contributed by atoms with Crippen LogP contribution in [-0.2, 0) is 4.79 Å². The molecular weight excluding hydrogens is 406 g/mol. The van der Waals surface area contributed by atoms with Crippen molar-refractivity contribution in [2.24, 2.45) is 5.92 Å². The van der Waals surface area contributed by atoms with Gasteiger partial charge in [0.1, 0.15) is 23.2 Å². The highest BCUT2D eigenvalue weighted by Gasteiger charge is 2.29. The van der Waals surface area contributed by atoms with Crippen LogP contribution in [0.2, 0.25) is 0 Å². The Balaban J connectivity index is 1.74. The molecule has 31 heavy (non-hydrogen) atoms. The molecule has 7 nitrogen and oxygen atoms in total. The van der Waals surface area contributed by atoms with Gasteiger partial charge in [-0.2, -0.15) is 0 Å². The van der Waals surface area contributed by atoms with E-state index in [1.807, 2.05) is 0 Å². The standard InChI is InChI=1S/C22H26F2N4O3/c1-28(2)22(30)26-15-6-4-5-13(9-15)21(29)27-20-11-17(18(24)12-25-20)16-8-7-14(23)10-19(16)31-3/h7-8,10-13,15H,4-6,9H2,1-3H3,(H,26,30)(H,25,27,29). The van der Waals surface area contributed by atoms with Crippen molar-refractivity contribution in [1.82, 2.24) is 15.2 Å². The number of benzene rings is 1. The normalized spacial score (nSPS) is 18.2. The average Bonchev–Trinajstić information content (AvgIpc) is 2.75. The van der Waals surface area contributed by atoms with Gasteiger partial charge in [-0.15, -0.1) is 0 Å². The summed E-state index contributed by atoms with van der Waals surface area (Å²) in [4.78, 5) is 30.1. The van der Waals surface area contributed by atoms with Crippen molar-refractivity contribution < 1.29 is 23.1 Å². The van der Waals surface area contributed by atoms with Crippen molar-refractivity contribution in [3.63, 3.8) is 0 Å². The van der Waals surface area contributed by atoms with Gasteiger partial charge in [-0.3, -0.25) is 4.79 Å². The summed E-state index contributed by atoms with van der Waals surface area (Å²) >= 11 is 0. The van der Waals surface area contributed by atoms with E-state index in [-0.39, 0.29) is 41.0 Å². The van der Waals surface area contributed by atoms with E-state index in [1.165, 1.54) is 30.2 Å². The molecule has 166 valence electrons. The number of rotatable bonds is 5. The fraction of sp³-hybridized carbons (Fsp3) is 0.409. The average molecular weight is 432 g/mol. The highest BCUT2D eigenvalue weighted by Crippen LogP contribution is 2.33. The highest BCUT2D eigenvalue weighted by molar-refractivity contribution is 5.92. The molecule has 1 aliphatic rings. The van der Waals surface area contributed by atoms with Crippen molar-refractivity contribution in [2.45, 2.75) is 31.7 Å². The topological polar surface area (TPSA) is 83.6 Å². The number of hydrogen-bond acceptors (Lipinski definition) is 4. The molecule has 1 saturated carbocycles. The molecule has 2 N–H and O–H groups in total. The van der Waals surface area contributed by atoms with E-state index in [0.717, 1.165) is 25.1 Å². The van der Waals surface area contributed by atoms with Crippen LogP contribution < -0.4 is 15.4 Å². The molecule has 0 spiro atoms. The Kier molecular flexibility index (Phi) is 7.04. The van der Waals surface area contributed by atoms with E-state index in [1.54, 1.807) is 14.1 Å². The van der Waals surface area contributed by atoms with Crippen LogP contribution in [0.4, 0.5) is 19.4 Å². The summed E-state index contributed by atoms with van der Waals surface area (Å²) in [5.41, 5.74) is 0.491. The Morgan fingerprint density at radius 3 is 2.65 bits per heavy atom. The first-order valence-corrected chi connectivity index (χ1v) is 10.1. The van der Waals surface area contributed by atoms with Gasteiger partial charge in [0.2, 0.25) is 5.91 Å². The van der Waals surface area contributed by atoms with Gasteiger partial charge >= 0.3 is 6.03 Å².